The first-order valence-electron chi connectivity index (χ1n) is 13.9. The second-order valence-electron chi connectivity index (χ2n) is 10.7. The molecule has 12 nitrogen and oxygen atoms in total. The third-order valence-corrected chi connectivity index (χ3v) is 7.63. The summed E-state index contributed by atoms with van der Waals surface area (Å²) in [5.74, 6) is -3.81. The summed E-state index contributed by atoms with van der Waals surface area (Å²) in [4.78, 5) is 37.8. The number of fused-ring (bicyclic) bond motifs is 4. The maximum Gasteiger partial charge on any atom is 0.490 e. The number of carbonyl (C=O) groups excluding carboxylic acids is 1. The highest BCUT2D eigenvalue weighted by Crippen LogP contribution is 2.44. The number of hydrogen-bond acceptors (Lipinski definition) is 8. The Morgan fingerprint density at radius 3 is 2.04 bits per heavy atom. The fourth-order valence-corrected chi connectivity index (χ4v) is 5.08. The maximum absolute atomic E-state index is 13.1. The molecule has 46 heavy (non-hydrogen) atoms. The van der Waals surface area contributed by atoms with Crippen molar-refractivity contribution in [1.29, 1.82) is 0 Å². The van der Waals surface area contributed by atoms with Gasteiger partial charge in [-0.3, -0.25) is 9.36 Å². The number of hydrogen-bond donors (Lipinski definition) is 4. The Hall–Kier alpha value is -4.90. The third-order valence-electron chi connectivity index (χ3n) is 7.63. The van der Waals surface area contributed by atoms with E-state index in [0.717, 1.165) is 67.5 Å². The summed E-state index contributed by atoms with van der Waals surface area (Å²) in [5, 5.41) is 29.8. The first-order chi connectivity index (χ1) is 21.5. The molecule has 0 bridgehead atoms. The van der Waals surface area contributed by atoms with Gasteiger partial charge in [0.25, 0.3) is 5.91 Å². The Kier molecular flexibility index (Phi) is 9.77. The Labute approximate surface area is 257 Å². The van der Waals surface area contributed by atoms with E-state index in [1.165, 1.54) is 6.42 Å². The van der Waals surface area contributed by atoms with E-state index in [9.17, 15) is 31.1 Å². The number of aliphatic carboxylic acids is 2. The van der Waals surface area contributed by atoms with Crippen LogP contribution in [0, 0.1) is 6.92 Å². The Bertz CT molecular complexity index is 1540. The molecule has 3 aromatic rings. The van der Waals surface area contributed by atoms with Crippen molar-refractivity contribution in [2.24, 2.45) is 0 Å². The molecule has 4 N–H and O–H groups in total. The van der Waals surface area contributed by atoms with Gasteiger partial charge < -0.3 is 25.7 Å². The molecule has 1 amide bonds. The zero-order valence-electron chi connectivity index (χ0n) is 24.2. The quantitative estimate of drug-likeness (QED) is 0.296. The van der Waals surface area contributed by atoms with Crippen LogP contribution in [0.15, 0.2) is 42.6 Å². The lowest BCUT2D eigenvalue weighted by molar-refractivity contribution is -0.193. The lowest BCUT2D eigenvalue weighted by Crippen LogP contribution is -2.50. The molecule has 6 rings (SSSR count). The lowest BCUT2D eigenvalue weighted by Gasteiger charge is -2.46. The molecule has 0 aromatic carbocycles. The van der Waals surface area contributed by atoms with Crippen LogP contribution in [-0.2, 0) is 15.1 Å². The molecule has 3 aromatic heterocycles. The average molecular weight is 658 g/mol. The molecular formula is C28H29F6N7O5. The van der Waals surface area contributed by atoms with Crippen LogP contribution in [0.2, 0.25) is 0 Å². The molecule has 0 unspecified atom stereocenters. The monoisotopic (exact) mass is 657 g/mol. The lowest BCUT2D eigenvalue weighted by atomic mass is 9.82. The van der Waals surface area contributed by atoms with Gasteiger partial charge in [0.05, 0.1) is 22.6 Å². The predicted octanol–water partition coefficient (Wildman–Crippen LogP) is 4.44. The highest BCUT2D eigenvalue weighted by atomic mass is 19.4. The van der Waals surface area contributed by atoms with Gasteiger partial charge in [-0.2, -0.15) is 31.4 Å². The van der Waals surface area contributed by atoms with Crippen molar-refractivity contribution in [1.82, 2.24) is 25.1 Å². The molecule has 1 saturated carbocycles. The van der Waals surface area contributed by atoms with E-state index < -0.39 is 24.3 Å². The maximum atomic E-state index is 13.1. The third kappa shape index (κ3) is 7.66. The van der Waals surface area contributed by atoms with Crippen molar-refractivity contribution in [3.8, 4) is 5.82 Å². The largest absolute Gasteiger partial charge is 0.490 e. The minimum atomic E-state index is -5.08. The summed E-state index contributed by atoms with van der Waals surface area (Å²) >= 11 is 0. The standard InChI is InChI=1S/C24H27N7O.2C2HF3O2/c1-16-7-10-21(29-28-16)30-14-11-24(12-15-30)20-9-8-19(23(32)26-17-4-2-5-17)31(20)22-18(27-24)6-3-13-25-22;2*3-2(4,5)1(6)7/h3,6-10,13,17,27H,2,4-5,11-12,14-15H2,1H3,(H,26,32);2*(H,6,7). The van der Waals surface area contributed by atoms with E-state index in [0.29, 0.717) is 11.7 Å². The number of rotatable bonds is 3. The van der Waals surface area contributed by atoms with Crippen LogP contribution in [-0.4, -0.2) is 79.3 Å². The van der Waals surface area contributed by atoms with E-state index in [-0.39, 0.29) is 11.4 Å². The number of amides is 1. The number of nitrogens with one attached hydrogen (secondary N) is 2. The summed E-state index contributed by atoms with van der Waals surface area (Å²) in [6.45, 7) is 3.66. The van der Waals surface area contributed by atoms with Crippen LogP contribution in [0.25, 0.3) is 5.82 Å². The van der Waals surface area contributed by atoms with E-state index in [2.05, 4.69) is 47.4 Å². The molecule has 5 heterocycles. The van der Waals surface area contributed by atoms with Gasteiger partial charge in [0.1, 0.15) is 5.69 Å². The molecule has 1 saturated heterocycles. The number of carbonyl (C=O) groups is 3. The first-order valence-corrected chi connectivity index (χ1v) is 13.9. The molecule has 3 aliphatic rings. The molecule has 1 spiro atoms. The van der Waals surface area contributed by atoms with Crippen LogP contribution < -0.4 is 15.5 Å². The molecule has 248 valence electrons. The second-order valence-corrected chi connectivity index (χ2v) is 10.7. The summed E-state index contributed by atoms with van der Waals surface area (Å²) in [6, 6.07) is 12.4. The molecular weight excluding hydrogens is 628 g/mol. The summed E-state index contributed by atoms with van der Waals surface area (Å²) in [5.41, 5.74) is 3.42. The van der Waals surface area contributed by atoms with Gasteiger partial charge in [0, 0.05) is 25.3 Å². The molecule has 18 heteroatoms. The number of aryl methyl sites for hydroxylation is 1. The second kappa shape index (κ2) is 13.2. The van der Waals surface area contributed by atoms with Crippen LogP contribution in [0.5, 0.6) is 0 Å². The first kappa shape index (κ1) is 34.0. The van der Waals surface area contributed by atoms with Crippen molar-refractivity contribution in [2.75, 3.05) is 23.3 Å². The van der Waals surface area contributed by atoms with E-state index >= 15 is 0 Å². The van der Waals surface area contributed by atoms with Gasteiger partial charge in [-0.15, -0.1) is 5.10 Å². The number of piperidine rings is 1. The van der Waals surface area contributed by atoms with Crippen molar-refractivity contribution < 1.29 is 50.9 Å². The number of carboxylic acids is 2. The molecule has 0 radical (unpaired) electrons. The highest BCUT2D eigenvalue weighted by Gasteiger charge is 2.44. The zero-order chi connectivity index (χ0) is 33.9. The SMILES string of the molecule is Cc1ccc(N2CCC3(CC2)Nc2cccnc2-n2c(C(=O)NC4CCC4)ccc23)nn1.O=C(O)C(F)(F)F.O=C(O)C(F)(F)F. The van der Waals surface area contributed by atoms with Crippen LogP contribution in [0.3, 0.4) is 0 Å². The molecule has 2 fully saturated rings. The fourth-order valence-electron chi connectivity index (χ4n) is 5.08. The minimum Gasteiger partial charge on any atom is -0.475 e. The smallest absolute Gasteiger partial charge is 0.475 e. The number of carboxylic acid groups (broad SMARTS) is 2. The number of aromatic nitrogens is 4. The number of anilines is 2. The topological polar surface area (TPSA) is 163 Å². The van der Waals surface area contributed by atoms with Crippen LogP contribution in [0.4, 0.5) is 37.8 Å². The minimum absolute atomic E-state index is 0.0121. The Balaban J connectivity index is 0.000000289. The average Bonchev–Trinajstić information content (AvgIpc) is 3.43. The highest BCUT2D eigenvalue weighted by molar-refractivity contribution is 5.94. The van der Waals surface area contributed by atoms with Crippen molar-refractivity contribution in [2.45, 2.75) is 63.0 Å². The van der Waals surface area contributed by atoms with Crippen LogP contribution >= 0.6 is 0 Å². The predicted molar refractivity (Wildman–Crippen MR) is 150 cm³/mol. The Morgan fingerprint density at radius 2 is 1.54 bits per heavy atom. The number of halogens is 6. The number of pyridine rings is 1. The summed E-state index contributed by atoms with van der Waals surface area (Å²) < 4.78 is 65.5. The summed E-state index contributed by atoms with van der Waals surface area (Å²) in [6.07, 6.45) is -3.27. The van der Waals surface area contributed by atoms with Crippen LogP contribution in [0.1, 0.15) is 54.0 Å². The number of alkyl halides is 6. The van der Waals surface area contributed by atoms with Gasteiger partial charge in [0.2, 0.25) is 0 Å². The van der Waals surface area contributed by atoms with E-state index in [1.807, 2.05) is 31.2 Å². The molecule has 0 atom stereocenters. The fraction of sp³-hybridized carbons (Fsp3) is 0.429. The van der Waals surface area contributed by atoms with Crippen molar-refractivity contribution >= 4 is 29.4 Å². The van der Waals surface area contributed by atoms with E-state index in [4.69, 9.17) is 19.8 Å². The van der Waals surface area contributed by atoms with E-state index in [1.54, 1.807) is 6.20 Å². The molecule has 1 aliphatic carbocycles. The zero-order valence-corrected chi connectivity index (χ0v) is 24.2. The normalized spacial score (nSPS) is 16.6. The van der Waals surface area contributed by atoms with Crippen molar-refractivity contribution in [3.05, 3.63) is 59.7 Å². The number of nitrogens with zero attached hydrogens (tertiary/aromatic N) is 5. The van der Waals surface area contributed by atoms with Gasteiger partial charge in [0.15, 0.2) is 11.6 Å². The summed E-state index contributed by atoms with van der Waals surface area (Å²) in [7, 11) is 0. The van der Waals surface area contributed by atoms with Gasteiger partial charge in [-0.25, -0.2) is 14.6 Å². The van der Waals surface area contributed by atoms with Crippen molar-refractivity contribution in [3.63, 3.8) is 0 Å². The Morgan fingerprint density at radius 1 is 0.935 bits per heavy atom. The van der Waals surface area contributed by atoms with Gasteiger partial charge in [-0.1, -0.05) is 0 Å². The molecule has 2 aliphatic heterocycles. The van der Waals surface area contributed by atoms with Gasteiger partial charge in [-0.05, 0) is 75.4 Å². The van der Waals surface area contributed by atoms with Gasteiger partial charge >= 0.3 is 24.3 Å².